The number of anilines is 1. The average Bonchev–Trinajstić information content (AvgIpc) is 3.36. The Morgan fingerprint density at radius 3 is 2.02 bits per heavy atom. The van der Waals surface area contributed by atoms with E-state index in [2.05, 4.69) is 21.3 Å². The lowest BCUT2D eigenvalue weighted by Gasteiger charge is -2.30. The number of carbonyl (C=O) groups is 7. The summed E-state index contributed by atoms with van der Waals surface area (Å²) in [7, 11) is 0. The van der Waals surface area contributed by atoms with Crippen molar-refractivity contribution in [2.24, 2.45) is 23.7 Å². The quantitative estimate of drug-likeness (QED) is 0.105. The second-order valence-corrected chi connectivity index (χ2v) is 16.4. The standard InChI is InChI=1S/C40H63N5O9/c1-24(2)30-22-33(48)45(37(30)51)20-17-32(47)44-39(8,9)19-21-54-40(10,11)18-16-31(46)43-34(25(3)4)36(50)41-27(7)35(49)42-29-14-12-28(13-15-29)23-53-38(52)26(5)6/h12-15,24-27,30,34H,16-23H2,1-11H3,(H,41,50)(H,42,49)(H,43,46)(H,44,47)/t27-,30?,34-/m0/s1. The first kappa shape index (κ1) is 45.8. The van der Waals surface area contributed by atoms with Crippen molar-refractivity contribution in [1.82, 2.24) is 20.9 Å². The van der Waals surface area contributed by atoms with Gasteiger partial charge in [0.05, 0.1) is 11.5 Å². The van der Waals surface area contributed by atoms with E-state index in [0.717, 1.165) is 5.56 Å². The fourth-order valence-corrected chi connectivity index (χ4v) is 5.65. The first-order chi connectivity index (χ1) is 25.0. The number of hydrogen-bond acceptors (Lipinski definition) is 9. The van der Waals surface area contributed by atoms with Crippen molar-refractivity contribution in [3.05, 3.63) is 29.8 Å². The number of amides is 6. The highest BCUT2D eigenvalue weighted by molar-refractivity contribution is 6.04. The van der Waals surface area contributed by atoms with Crippen molar-refractivity contribution in [2.75, 3.05) is 18.5 Å². The normalized spacial score (nSPS) is 16.0. The van der Waals surface area contributed by atoms with Gasteiger partial charge in [0.1, 0.15) is 18.7 Å². The van der Waals surface area contributed by atoms with Gasteiger partial charge in [0.15, 0.2) is 0 Å². The molecule has 1 heterocycles. The SMILES string of the molecule is CC(C)C(=O)OCc1ccc(NC(=O)[C@H](C)NC(=O)[C@@H](NC(=O)CCC(C)(C)OCCC(C)(C)NC(=O)CCN2C(=O)CC(C(C)C)C2=O)C(C)C)cc1. The van der Waals surface area contributed by atoms with Crippen molar-refractivity contribution in [3.63, 3.8) is 0 Å². The fraction of sp³-hybridized carbons (Fsp3) is 0.675. The lowest BCUT2D eigenvalue weighted by molar-refractivity contribution is -0.148. The van der Waals surface area contributed by atoms with Crippen LogP contribution in [0.4, 0.5) is 5.69 Å². The molecule has 0 saturated carbocycles. The van der Waals surface area contributed by atoms with Gasteiger partial charge < -0.3 is 30.7 Å². The molecular weight excluding hydrogens is 694 g/mol. The molecule has 1 aliphatic heterocycles. The Labute approximate surface area is 320 Å². The van der Waals surface area contributed by atoms with Crippen LogP contribution < -0.4 is 21.3 Å². The molecule has 0 radical (unpaired) electrons. The van der Waals surface area contributed by atoms with Crippen molar-refractivity contribution in [2.45, 2.75) is 138 Å². The van der Waals surface area contributed by atoms with E-state index >= 15 is 0 Å². The van der Waals surface area contributed by atoms with E-state index in [1.54, 1.807) is 58.9 Å². The molecule has 1 aliphatic rings. The van der Waals surface area contributed by atoms with Crippen LogP contribution in [0.1, 0.15) is 114 Å². The van der Waals surface area contributed by atoms with Gasteiger partial charge in [-0.25, -0.2) is 0 Å². The highest BCUT2D eigenvalue weighted by atomic mass is 16.5. The van der Waals surface area contributed by atoms with E-state index < -0.39 is 35.0 Å². The summed E-state index contributed by atoms with van der Waals surface area (Å²) >= 11 is 0. The summed E-state index contributed by atoms with van der Waals surface area (Å²) < 4.78 is 11.3. The summed E-state index contributed by atoms with van der Waals surface area (Å²) in [6, 6.07) is 5.08. The Hall–Kier alpha value is -4.33. The lowest BCUT2D eigenvalue weighted by Crippen LogP contribution is -2.53. The van der Waals surface area contributed by atoms with Crippen molar-refractivity contribution < 1.29 is 43.0 Å². The average molecular weight is 758 g/mol. The molecule has 1 aromatic rings. The fourth-order valence-electron chi connectivity index (χ4n) is 5.65. The van der Waals surface area contributed by atoms with E-state index in [1.807, 2.05) is 41.5 Å². The molecule has 0 aromatic heterocycles. The third-order valence-electron chi connectivity index (χ3n) is 9.39. The smallest absolute Gasteiger partial charge is 0.308 e. The van der Waals surface area contributed by atoms with Gasteiger partial charge in [0, 0.05) is 49.6 Å². The van der Waals surface area contributed by atoms with Gasteiger partial charge in [-0.2, -0.15) is 0 Å². The minimum atomic E-state index is -0.889. The van der Waals surface area contributed by atoms with Crippen LogP contribution >= 0.6 is 0 Å². The van der Waals surface area contributed by atoms with Crippen LogP contribution in [-0.4, -0.2) is 82.7 Å². The first-order valence-corrected chi connectivity index (χ1v) is 19.0. The van der Waals surface area contributed by atoms with Crippen molar-refractivity contribution in [1.29, 1.82) is 0 Å². The second kappa shape index (κ2) is 20.4. The van der Waals surface area contributed by atoms with E-state index in [9.17, 15) is 33.6 Å². The number of likely N-dealkylation sites (tertiary alicyclic amines) is 1. The highest BCUT2D eigenvalue weighted by Crippen LogP contribution is 2.26. The number of hydrogen-bond donors (Lipinski definition) is 4. The van der Waals surface area contributed by atoms with Crippen LogP contribution in [0, 0.1) is 23.7 Å². The van der Waals surface area contributed by atoms with Crippen LogP contribution in [0.15, 0.2) is 24.3 Å². The van der Waals surface area contributed by atoms with E-state index in [4.69, 9.17) is 9.47 Å². The zero-order valence-corrected chi connectivity index (χ0v) is 34.1. The molecule has 0 bridgehead atoms. The molecule has 1 aromatic carbocycles. The van der Waals surface area contributed by atoms with Crippen LogP contribution in [0.3, 0.4) is 0 Å². The molecule has 14 nitrogen and oxygen atoms in total. The summed E-state index contributed by atoms with van der Waals surface area (Å²) in [5.41, 5.74) is -0.0215. The van der Waals surface area contributed by atoms with Gasteiger partial charge in [-0.1, -0.05) is 53.7 Å². The van der Waals surface area contributed by atoms with Gasteiger partial charge in [-0.3, -0.25) is 38.5 Å². The zero-order chi connectivity index (χ0) is 41.0. The largest absolute Gasteiger partial charge is 0.461 e. The Kier molecular flexibility index (Phi) is 17.3. The Bertz CT molecular complexity index is 1490. The summed E-state index contributed by atoms with van der Waals surface area (Å²) in [4.78, 5) is 89.4. The molecule has 1 unspecified atom stereocenters. The van der Waals surface area contributed by atoms with Crippen LogP contribution in [-0.2, 0) is 49.6 Å². The maximum absolute atomic E-state index is 13.2. The lowest BCUT2D eigenvalue weighted by atomic mass is 9.94. The maximum Gasteiger partial charge on any atom is 0.308 e. The molecular formula is C40H63N5O9. The molecule has 0 spiro atoms. The number of nitrogens with zero attached hydrogens (tertiary/aromatic N) is 1. The highest BCUT2D eigenvalue weighted by Gasteiger charge is 2.40. The number of esters is 1. The molecule has 1 fully saturated rings. The molecule has 302 valence electrons. The minimum Gasteiger partial charge on any atom is -0.461 e. The molecule has 3 atom stereocenters. The van der Waals surface area contributed by atoms with Gasteiger partial charge in [0.25, 0.3) is 0 Å². The van der Waals surface area contributed by atoms with E-state index in [0.29, 0.717) is 25.1 Å². The van der Waals surface area contributed by atoms with Gasteiger partial charge in [0.2, 0.25) is 35.4 Å². The molecule has 0 aliphatic carbocycles. The number of rotatable bonds is 21. The minimum absolute atomic E-state index is 0.0178. The monoisotopic (exact) mass is 757 g/mol. The number of benzene rings is 1. The van der Waals surface area contributed by atoms with Gasteiger partial charge in [-0.15, -0.1) is 0 Å². The molecule has 1 saturated heterocycles. The number of imide groups is 1. The zero-order valence-electron chi connectivity index (χ0n) is 34.1. The Balaban J connectivity index is 1.77. The molecule has 6 amide bonds. The summed E-state index contributed by atoms with van der Waals surface area (Å²) in [5, 5.41) is 11.2. The van der Waals surface area contributed by atoms with Gasteiger partial charge >= 0.3 is 5.97 Å². The van der Waals surface area contributed by atoms with E-state index in [1.165, 1.54) is 4.90 Å². The van der Waals surface area contributed by atoms with E-state index in [-0.39, 0.29) is 85.7 Å². The number of carbonyl (C=O) groups excluding carboxylic acids is 7. The summed E-state index contributed by atoms with van der Waals surface area (Å²) in [6.45, 7) is 20.4. The number of nitrogens with one attached hydrogen (secondary N) is 4. The van der Waals surface area contributed by atoms with Crippen LogP contribution in [0.2, 0.25) is 0 Å². The summed E-state index contributed by atoms with van der Waals surface area (Å²) in [6.07, 6.45) is 1.15. The maximum atomic E-state index is 13.2. The second-order valence-electron chi connectivity index (χ2n) is 16.4. The topological polar surface area (TPSA) is 189 Å². The number of ether oxygens (including phenoxy) is 2. The molecule has 14 heteroatoms. The predicted molar refractivity (Wildman–Crippen MR) is 204 cm³/mol. The van der Waals surface area contributed by atoms with Crippen LogP contribution in [0.25, 0.3) is 0 Å². The summed E-state index contributed by atoms with van der Waals surface area (Å²) in [5.74, 6) is -3.02. The Morgan fingerprint density at radius 1 is 0.833 bits per heavy atom. The van der Waals surface area contributed by atoms with Gasteiger partial charge in [-0.05, 0) is 77.0 Å². The van der Waals surface area contributed by atoms with Crippen molar-refractivity contribution in [3.8, 4) is 0 Å². The predicted octanol–water partition coefficient (Wildman–Crippen LogP) is 4.25. The molecule has 2 rings (SSSR count). The van der Waals surface area contributed by atoms with Crippen molar-refractivity contribution >= 4 is 47.1 Å². The Morgan fingerprint density at radius 2 is 1.46 bits per heavy atom. The third kappa shape index (κ3) is 15.2. The molecule has 4 N–H and O–H groups in total. The third-order valence-corrected chi connectivity index (χ3v) is 9.39. The first-order valence-electron chi connectivity index (χ1n) is 19.0. The molecule has 54 heavy (non-hydrogen) atoms. The van der Waals surface area contributed by atoms with Crippen LogP contribution in [0.5, 0.6) is 0 Å².